The van der Waals surface area contributed by atoms with Gasteiger partial charge in [0.25, 0.3) is 10.0 Å². The highest BCUT2D eigenvalue weighted by molar-refractivity contribution is 7.90. The fourth-order valence-corrected chi connectivity index (χ4v) is 5.36. The normalized spacial score (nSPS) is 18.7. The Morgan fingerprint density at radius 3 is 2.55 bits per heavy atom. The summed E-state index contributed by atoms with van der Waals surface area (Å²) < 4.78 is 47.2. The molecule has 0 radical (unpaired) electrons. The van der Waals surface area contributed by atoms with Crippen LogP contribution in [0.1, 0.15) is 24.0 Å². The lowest BCUT2D eigenvalue weighted by atomic mass is 9.74. The van der Waals surface area contributed by atoms with Gasteiger partial charge >= 0.3 is 0 Å². The molecule has 0 spiro atoms. The van der Waals surface area contributed by atoms with Gasteiger partial charge in [-0.25, -0.2) is 4.39 Å². The number of hydrogen-bond acceptors (Lipinski definition) is 5. The third kappa shape index (κ3) is 4.33. The van der Waals surface area contributed by atoms with Crippen molar-refractivity contribution in [2.75, 3.05) is 33.4 Å². The van der Waals surface area contributed by atoms with E-state index < -0.39 is 10.0 Å². The minimum absolute atomic E-state index is 0.0430. The summed E-state index contributed by atoms with van der Waals surface area (Å²) in [6, 6.07) is 12.9. The molecule has 1 fully saturated rings. The molecule has 7 nitrogen and oxygen atoms in total. The van der Waals surface area contributed by atoms with Crippen LogP contribution in [0.25, 0.3) is 0 Å². The van der Waals surface area contributed by atoms with Gasteiger partial charge in [-0.05, 0) is 42.7 Å². The van der Waals surface area contributed by atoms with E-state index in [2.05, 4.69) is 9.71 Å². The summed E-state index contributed by atoms with van der Waals surface area (Å²) >= 11 is 0. The molecule has 0 saturated carbocycles. The van der Waals surface area contributed by atoms with Crippen molar-refractivity contribution in [1.82, 2.24) is 10.2 Å². The summed E-state index contributed by atoms with van der Waals surface area (Å²) in [7, 11) is -2.11. The van der Waals surface area contributed by atoms with Crippen LogP contribution in [0.15, 0.2) is 57.8 Å². The van der Waals surface area contributed by atoms with Gasteiger partial charge in [-0.3, -0.25) is 4.79 Å². The number of ether oxygens (including phenoxy) is 1. The molecule has 2 aliphatic rings. The molecule has 2 heterocycles. The van der Waals surface area contributed by atoms with Crippen LogP contribution in [0.2, 0.25) is 0 Å². The van der Waals surface area contributed by atoms with Crippen LogP contribution in [0.3, 0.4) is 0 Å². The molecule has 164 valence electrons. The maximum absolute atomic E-state index is 13.4. The molecule has 0 atom stereocenters. The Balaban J connectivity index is 1.45. The Kier molecular flexibility index (Phi) is 5.81. The number of amides is 1. The summed E-state index contributed by atoms with van der Waals surface area (Å²) in [4.78, 5) is 14.4. The summed E-state index contributed by atoms with van der Waals surface area (Å²) in [6.07, 6.45) is 1.43. The molecule has 0 unspecified atom stereocenters. The van der Waals surface area contributed by atoms with Crippen molar-refractivity contribution in [3.8, 4) is 0 Å². The van der Waals surface area contributed by atoms with Gasteiger partial charge in [0.2, 0.25) is 5.91 Å². The molecule has 1 N–H and O–H groups in total. The number of carbonyl (C=O) groups is 1. The number of fused-ring (bicyclic) bond motifs is 1. The second kappa shape index (κ2) is 8.39. The summed E-state index contributed by atoms with van der Waals surface area (Å²) in [5.74, 6) is -0.297. The summed E-state index contributed by atoms with van der Waals surface area (Å²) in [5, 5.41) is 2.97. The molecule has 1 saturated heterocycles. The quantitative estimate of drug-likeness (QED) is 0.761. The van der Waals surface area contributed by atoms with E-state index in [0.717, 1.165) is 5.56 Å². The molecule has 4 rings (SSSR count). The summed E-state index contributed by atoms with van der Waals surface area (Å²) in [6.45, 7) is 1.48. The monoisotopic (exact) mass is 445 g/mol. The lowest BCUT2D eigenvalue weighted by molar-refractivity contribution is -0.121. The molecule has 0 aliphatic carbocycles. The number of nitrogens with zero attached hydrogens (tertiary/aromatic N) is 2. The number of sulfonamides is 1. The fourth-order valence-electron chi connectivity index (χ4n) is 4.11. The first-order chi connectivity index (χ1) is 14.8. The van der Waals surface area contributed by atoms with Crippen molar-refractivity contribution in [3.63, 3.8) is 0 Å². The lowest BCUT2D eigenvalue weighted by Crippen LogP contribution is -2.47. The van der Waals surface area contributed by atoms with E-state index in [4.69, 9.17) is 4.74 Å². The highest BCUT2D eigenvalue weighted by Gasteiger charge is 2.35. The van der Waals surface area contributed by atoms with Crippen molar-refractivity contribution in [2.24, 2.45) is 4.40 Å². The number of likely N-dealkylation sites (N-methyl/N-ethyl adjacent to an activating group) is 1. The SMILES string of the molecule is CN(CC(=O)NCC1(c2ccc(F)cc2)CCOCC1)C1=NS(=O)(=O)c2ccccc21. The van der Waals surface area contributed by atoms with Gasteiger partial charge in [-0.1, -0.05) is 24.3 Å². The first-order valence-electron chi connectivity index (χ1n) is 10.1. The number of nitrogens with one attached hydrogen (secondary N) is 1. The fraction of sp³-hybridized carbons (Fsp3) is 0.364. The van der Waals surface area contributed by atoms with Crippen LogP contribution in [0.4, 0.5) is 4.39 Å². The molecule has 1 amide bonds. The van der Waals surface area contributed by atoms with E-state index in [1.165, 1.54) is 23.1 Å². The number of halogens is 1. The van der Waals surface area contributed by atoms with Crippen molar-refractivity contribution in [2.45, 2.75) is 23.2 Å². The highest BCUT2D eigenvalue weighted by Crippen LogP contribution is 2.34. The van der Waals surface area contributed by atoms with Crippen molar-refractivity contribution < 1.29 is 22.3 Å². The Bertz CT molecular complexity index is 1110. The average molecular weight is 446 g/mol. The van der Waals surface area contributed by atoms with E-state index in [-0.39, 0.29) is 34.4 Å². The van der Waals surface area contributed by atoms with Crippen molar-refractivity contribution in [1.29, 1.82) is 0 Å². The van der Waals surface area contributed by atoms with Crippen LogP contribution in [0, 0.1) is 5.82 Å². The van der Waals surface area contributed by atoms with E-state index in [1.807, 2.05) is 0 Å². The van der Waals surface area contributed by atoms with Gasteiger partial charge in [0, 0.05) is 37.8 Å². The standard InChI is InChI=1S/C22H24FN3O4S/c1-26(21-18-4-2-3-5-19(18)31(28,29)25-21)14-20(27)24-15-22(10-12-30-13-11-22)16-6-8-17(23)9-7-16/h2-9H,10-15H2,1H3,(H,24,27). The second-order valence-corrected chi connectivity index (χ2v) is 9.49. The molecule has 0 aromatic heterocycles. The molecule has 2 aromatic rings. The van der Waals surface area contributed by atoms with Gasteiger partial charge in [-0.2, -0.15) is 8.42 Å². The van der Waals surface area contributed by atoms with Crippen LogP contribution in [-0.2, 0) is 25.0 Å². The van der Waals surface area contributed by atoms with Crippen molar-refractivity contribution >= 4 is 21.8 Å². The molecular weight excluding hydrogens is 421 g/mol. The van der Waals surface area contributed by atoms with Crippen LogP contribution < -0.4 is 5.32 Å². The first-order valence-corrected chi connectivity index (χ1v) is 11.5. The smallest absolute Gasteiger partial charge is 0.285 e. The maximum Gasteiger partial charge on any atom is 0.285 e. The summed E-state index contributed by atoms with van der Waals surface area (Å²) in [5.41, 5.74) is 1.12. The molecule has 0 bridgehead atoms. The van der Waals surface area contributed by atoms with Crippen LogP contribution in [0.5, 0.6) is 0 Å². The van der Waals surface area contributed by atoms with E-state index in [9.17, 15) is 17.6 Å². The largest absolute Gasteiger partial charge is 0.381 e. The zero-order valence-electron chi connectivity index (χ0n) is 17.2. The predicted molar refractivity (Wildman–Crippen MR) is 114 cm³/mol. The Labute approximate surface area is 181 Å². The van der Waals surface area contributed by atoms with E-state index >= 15 is 0 Å². The third-order valence-electron chi connectivity index (χ3n) is 5.89. The van der Waals surface area contributed by atoms with Crippen LogP contribution in [-0.4, -0.2) is 58.4 Å². The Morgan fingerprint density at radius 1 is 1.16 bits per heavy atom. The number of carbonyl (C=O) groups excluding carboxylic acids is 1. The zero-order chi connectivity index (χ0) is 22.1. The lowest BCUT2D eigenvalue weighted by Gasteiger charge is -2.38. The predicted octanol–water partition coefficient (Wildman–Crippen LogP) is 2.07. The minimum atomic E-state index is -3.74. The molecular formula is C22H24FN3O4S. The topological polar surface area (TPSA) is 88.1 Å². The number of hydrogen-bond donors (Lipinski definition) is 1. The average Bonchev–Trinajstić information content (AvgIpc) is 3.05. The van der Waals surface area contributed by atoms with Gasteiger partial charge in [0.05, 0.1) is 6.54 Å². The second-order valence-electron chi connectivity index (χ2n) is 7.92. The Hall–Kier alpha value is -2.78. The van der Waals surface area contributed by atoms with Gasteiger partial charge in [0.1, 0.15) is 10.7 Å². The minimum Gasteiger partial charge on any atom is -0.381 e. The molecule has 31 heavy (non-hydrogen) atoms. The first kappa shape index (κ1) is 21.5. The van der Waals surface area contributed by atoms with Gasteiger partial charge < -0.3 is 15.0 Å². The third-order valence-corrected chi connectivity index (χ3v) is 7.21. The number of rotatable bonds is 5. The highest BCUT2D eigenvalue weighted by atomic mass is 32.2. The molecule has 9 heteroatoms. The molecule has 2 aromatic carbocycles. The van der Waals surface area contributed by atoms with Crippen LogP contribution >= 0.6 is 0 Å². The number of amidine groups is 1. The Morgan fingerprint density at radius 2 is 1.84 bits per heavy atom. The van der Waals surface area contributed by atoms with E-state index in [1.54, 1.807) is 37.4 Å². The maximum atomic E-state index is 13.4. The zero-order valence-corrected chi connectivity index (χ0v) is 18.0. The molecule has 2 aliphatic heterocycles. The van der Waals surface area contributed by atoms with Gasteiger partial charge in [-0.15, -0.1) is 4.40 Å². The number of benzene rings is 2. The van der Waals surface area contributed by atoms with Crippen molar-refractivity contribution in [3.05, 3.63) is 65.5 Å². The van der Waals surface area contributed by atoms with Gasteiger partial charge in [0.15, 0.2) is 5.84 Å². The van der Waals surface area contributed by atoms with E-state index in [0.29, 0.717) is 38.2 Å².